The van der Waals surface area contributed by atoms with Crippen molar-refractivity contribution in [2.24, 2.45) is 0 Å². The third-order valence-electron chi connectivity index (χ3n) is 3.55. The predicted molar refractivity (Wildman–Crippen MR) is 96.5 cm³/mol. The fourth-order valence-corrected chi connectivity index (χ4v) is 3.24. The van der Waals surface area contributed by atoms with Crippen LogP contribution in [-0.4, -0.2) is 30.5 Å². The molecule has 2 aromatic carbocycles. The molecule has 0 atom stereocenters. The standard InChI is InChI=1S/C19H16N2O3S/c1-23-17-11-18(24-2)21-19(20-17)25-16-10-6-9-14(15(16)12-22)13-7-4-3-5-8-13/h3-12H,1-2H3. The molecule has 0 bridgehead atoms. The molecule has 0 saturated heterocycles. The Morgan fingerprint density at radius 3 is 2.20 bits per heavy atom. The van der Waals surface area contributed by atoms with Gasteiger partial charge in [0.1, 0.15) is 0 Å². The minimum atomic E-state index is 0.404. The maximum atomic E-state index is 11.8. The number of rotatable bonds is 6. The van der Waals surface area contributed by atoms with Crippen LogP contribution in [0.2, 0.25) is 0 Å². The zero-order valence-corrected chi connectivity index (χ0v) is 14.6. The first-order chi connectivity index (χ1) is 12.2. The van der Waals surface area contributed by atoms with Gasteiger partial charge >= 0.3 is 0 Å². The molecule has 1 heterocycles. The number of aromatic nitrogens is 2. The van der Waals surface area contributed by atoms with Crippen molar-refractivity contribution in [1.82, 2.24) is 9.97 Å². The molecule has 0 aliphatic rings. The summed E-state index contributed by atoms with van der Waals surface area (Å²) in [6.45, 7) is 0. The smallest absolute Gasteiger partial charge is 0.220 e. The molecule has 3 rings (SSSR count). The minimum absolute atomic E-state index is 0.404. The number of methoxy groups -OCH3 is 2. The number of hydrogen-bond donors (Lipinski definition) is 0. The summed E-state index contributed by atoms with van der Waals surface area (Å²) >= 11 is 1.29. The summed E-state index contributed by atoms with van der Waals surface area (Å²) in [4.78, 5) is 21.1. The number of nitrogens with zero attached hydrogens (tertiary/aromatic N) is 2. The molecule has 5 nitrogen and oxygen atoms in total. The number of aldehydes is 1. The summed E-state index contributed by atoms with van der Waals surface area (Å²) in [5, 5.41) is 0.449. The minimum Gasteiger partial charge on any atom is -0.481 e. The Kier molecular flexibility index (Phi) is 5.30. The number of ether oxygens (including phenoxy) is 2. The van der Waals surface area contributed by atoms with Gasteiger partial charge in [0.15, 0.2) is 11.4 Å². The monoisotopic (exact) mass is 352 g/mol. The lowest BCUT2D eigenvalue weighted by atomic mass is 10.0. The van der Waals surface area contributed by atoms with E-state index in [2.05, 4.69) is 9.97 Å². The SMILES string of the molecule is COc1cc(OC)nc(Sc2cccc(-c3ccccc3)c2C=O)n1. The van der Waals surface area contributed by atoms with Gasteiger partial charge in [-0.3, -0.25) is 4.79 Å². The zero-order valence-electron chi connectivity index (χ0n) is 13.8. The van der Waals surface area contributed by atoms with E-state index in [4.69, 9.17) is 9.47 Å². The van der Waals surface area contributed by atoms with Gasteiger partial charge < -0.3 is 9.47 Å². The van der Waals surface area contributed by atoms with Crippen molar-refractivity contribution in [2.45, 2.75) is 10.1 Å². The third-order valence-corrected chi connectivity index (χ3v) is 4.49. The van der Waals surface area contributed by atoms with Crippen LogP contribution in [0.4, 0.5) is 0 Å². The molecule has 0 saturated carbocycles. The lowest BCUT2D eigenvalue weighted by Gasteiger charge is -2.10. The Balaban J connectivity index is 2.03. The molecule has 126 valence electrons. The number of benzene rings is 2. The van der Waals surface area contributed by atoms with E-state index in [1.54, 1.807) is 6.07 Å². The molecule has 25 heavy (non-hydrogen) atoms. The molecule has 0 N–H and O–H groups in total. The van der Waals surface area contributed by atoms with Gasteiger partial charge in [-0.05, 0) is 29.0 Å². The first-order valence-electron chi connectivity index (χ1n) is 7.53. The van der Waals surface area contributed by atoms with Crippen LogP contribution >= 0.6 is 11.8 Å². The van der Waals surface area contributed by atoms with Gasteiger partial charge in [-0.15, -0.1) is 0 Å². The fourth-order valence-electron chi connectivity index (χ4n) is 2.36. The summed E-state index contributed by atoms with van der Waals surface area (Å²) in [6.07, 6.45) is 0.863. The van der Waals surface area contributed by atoms with Gasteiger partial charge in [0.25, 0.3) is 0 Å². The van der Waals surface area contributed by atoms with Crippen LogP contribution in [0.15, 0.2) is 64.6 Å². The van der Waals surface area contributed by atoms with E-state index >= 15 is 0 Å². The molecule has 0 unspecified atom stereocenters. The second kappa shape index (κ2) is 7.81. The normalized spacial score (nSPS) is 10.3. The summed E-state index contributed by atoms with van der Waals surface area (Å²) in [5.41, 5.74) is 2.45. The van der Waals surface area contributed by atoms with Crippen LogP contribution < -0.4 is 9.47 Å². The second-order valence-electron chi connectivity index (χ2n) is 5.04. The first kappa shape index (κ1) is 17.0. The van der Waals surface area contributed by atoms with E-state index in [0.717, 1.165) is 22.3 Å². The Labute approximate surface area is 150 Å². The highest BCUT2D eigenvalue weighted by Crippen LogP contribution is 2.34. The highest BCUT2D eigenvalue weighted by Gasteiger charge is 2.13. The first-order valence-corrected chi connectivity index (χ1v) is 8.35. The molecule has 0 aliphatic carbocycles. The molecule has 0 radical (unpaired) electrons. The van der Waals surface area contributed by atoms with E-state index in [1.165, 1.54) is 26.0 Å². The van der Waals surface area contributed by atoms with Crippen molar-refractivity contribution in [3.05, 3.63) is 60.2 Å². The van der Waals surface area contributed by atoms with Crippen molar-refractivity contribution in [3.8, 4) is 22.9 Å². The van der Waals surface area contributed by atoms with Crippen LogP contribution in [0, 0.1) is 0 Å². The Bertz CT molecular complexity index is 863. The maximum Gasteiger partial charge on any atom is 0.220 e. The molecule has 0 aliphatic heterocycles. The Morgan fingerprint density at radius 2 is 1.60 bits per heavy atom. The number of carbonyl (C=O) groups excluding carboxylic acids is 1. The topological polar surface area (TPSA) is 61.3 Å². The zero-order chi connectivity index (χ0) is 17.6. The van der Waals surface area contributed by atoms with Gasteiger partial charge in [0.05, 0.1) is 20.3 Å². The molecule has 0 fully saturated rings. The van der Waals surface area contributed by atoms with Gasteiger partial charge in [-0.2, -0.15) is 9.97 Å². The van der Waals surface area contributed by atoms with Crippen LogP contribution in [0.5, 0.6) is 11.8 Å². The van der Waals surface area contributed by atoms with E-state index in [1.807, 2.05) is 48.5 Å². The Hall–Kier alpha value is -2.86. The maximum absolute atomic E-state index is 11.8. The predicted octanol–water partition coefficient (Wildman–Crippen LogP) is 4.12. The van der Waals surface area contributed by atoms with Gasteiger partial charge in [-0.25, -0.2) is 0 Å². The summed E-state index contributed by atoms with van der Waals surface area (Å²) in [5.74, 6) is 0.808. The van der Waals surface area contributed by atoms with Crippen molar-refractivity contribution < 1.29 is 14.3 Å². The van der Waals surface area contributed by atoms with Crippen LogP contribution in [-0.2, 0) is 0 Å². The molecular formula is C19H16N2O3S. The van der Waals surface area contributed by atoms with Gasteiger partial charge in [-0.1, -0.05) is 42.5 Å². The second-order valence-corrected chi connectivity index (χ2v) is 6.05. The number of carbonyl (C=O) groups is 1. The van der Waals surface area contributed by atoms with E-state index < -0.39 is 0 Å². The lowest BCUT2D eigenvalue weighted by molar-refractivity contribution is 0.112. The molecule has 0 spiro atoms. The molecular weight excluding hydrogens is 336 g/mol. The summed E-state index contributed by atoms with van der Waals surface area (Å²) in [7, 11) is 3.06. The van der Waals surface area contributed by atoms with Crippen molar-refractivity contribution in [2.75, 3.05) is 14.2 Å². The van der Waals surface area contributed by atoms with Gasteiger partial charge in [0.2, 0.25) is 11.8 Å². The average Bonchev–Trinajstić information content (AvgIpc) is 2.68. The summed E-state index contributed by atoms with van der Waals surface area (Å²) < 4.78 is 10.3. The summed E-state index contributed by atoms with van der Waals surface area (Å²) in [6, 6.07) is 17.1. The molecule has 6 heteroatoms. The van der Waals surface area contributed by atoms with E-state index in [9.17, 15) is 4.79 Å². The van der Waals surface area contributed by atoms with Crippen LogP contribution in [0.1, 0.15) is 10.4 Å². The van der Waals surface area contributed by atoms with E-state index in [0.29, 0.717) is 22.5 Å². The number of hydrogen-bond acceptors (Lipinski definition) is 6. The van der Waals surface area contributed by atoms with Crippen molar-refractivity contribution in [3.63, 3.8) is 0 Å². The molecule has 0 amide bonds. The molecule has 1 aromatic heterocycles. The lowest BCUT2D eigenvalue weighted by Crippen LogP contribution is -1.97. The largest absolute Gasteiger partial charge is 0.481 e. The van der Waals surface area contributed by atoms with Crippen molar-refractivity contribution >= 4 is 18.0 Å². The van der Waals surface area contributed by atoms with Gasteiger partial charge in [0, 0.05) is 10.5 Å². The molecule has 3 aromatic rings. The highest BCUT2D eigenvalue weighted by molar-refractivity contribution is 7.99. The third kappa shape index (κ3) is 3.80. The fraction of sp³-hybridized carbons (Fsp3) is 0.105. The Morgan fingerprint density at radius 1 is 0.920 bits per heavy atom. The van der Waals surface area contributed by atoms with Crippen LogP contribution in [0.3, 0.4) is 0 Å². The van der Waals surface area contributed by atoms with Crippen molar-refractivity contribution in [1.29, 1.82) is 0 Å². The van der Waals surface area contributed by atoms with Crippen LogP contribution in [0.25, 0.3) is 11.1 Å². The highest BCUT2D eigenvalue weighted by atomic mass is 32.2. The quantitative estimate of drug-likeness (QED) is 0.491. The average molecular weight is 352 g/mol. The van der Waals surface area contributed by atoms with E-state index in [-0.39, 0.29) is 0 Å².